The summed E-state index contributed by atoms with van der Waals surface area (Å²) in [5.41, 5.74) is 1.26. The van der Waals surface area contributed by atoms with Gasteiger partial charge in [-0.15, -0.1) is 5.10 Å². The lowest BCUT2D eigenvalue weighted by Gasteiger charge is -2.34. The predicted octanol–water partition coefficient (Wildman–Crippen LogP) is 2.13. The van der Waals surface area contributed by atoms with Crippen LogP contribution in [-0.4, -0.2) is 45.2 Å². The fourth-order valence-corrected chi connectivity index (χ4v) is 3.42. The van der Waals surface area contributed by atoms with Crippen LogP contribution in [0.15, 0.2) is 42.9 Å². The molecule has 0 bridgehead atoms. The molecule has 2 aromatic heterocycles. The number of nitrogens with zero attached hydrogens (tertiary/aromatic N) is 5. The predicted molar refractivity (Wildman–Crippen MR) is 99.0 cm³/mol. The number of amides is 1. The van der Waals surface area contributed by atoms with Crippen molar-refractivity contribution in [1.82, 2.24) is 25.5 Å². The number of rotatable bonds is 3. The van der Waals surface area contributed by atoms with Crippen molar-refractivity contribution in [1.29, 1.82) is 0 Å². The summed E-state index contributed by atoms with van der Waals surface area (Å²) in [5, 5.41) is 14.0. The maximum absolute atomic E-state index is 12.4. The molecular formula is C19H20N6O. The first kappa shape index (κ1) is 16.4. The van der Waals surface area contributed by atoms with Gasteiger partial charge in [-0.25, -0.2) is 4.98 Å². The highest BCUT2D eigenvalue weighted by Crippen LogP contribution is 2.27. The Kier molecular flexibility index (Phi) is 4.43. The second-order valence-electron chi connectivity index (χ2n) is 6.50. The molecule has 132 valence electrons. The van der Waals surface area contributed by atoms with Crippen molar-refractivity contribution in [2.45, 2.75) is 25.8 Å². The van der Waals surface area contributed by atoms with E-state index in [4.69, 9.17) is 0 Å². The highest BCUT2D eigenvalue weighted by molar-refractivity contribution is 5.94. The molecule has 1 atom stereocenters. The van der Waals surface area contributed by atoms with E-state index in [1.807, 2.05) is 19.1 Å². The van der Waals surface area contributed by atoms with Crippen LogP contribution in [0.1, 0.15) is 29.0 Å². The summed E-state index contributed by atoms with van der Waals surface area (Å²) in [6.07, 6.45) is 6.47. The SMILES string of the molecule is Cc1nnc(N2CCCC(NC(=O)c3cnccn3)C2)c2ccccc12. The van der Waals surface area contributed by atoms with Gasteiger partial charge in [-0.2, -0.15) is 5.10 Å². The van der Waals surface area contributed by atoms with Gasteiger partial charge in [0, 0.05) is 42.3 Å². The molecule has 1 amide bonds. The van der Waals surface area contributed by atoms with Crippen LogP contribution in [0, 0.1) is 6.92 Å². The quantitative estimate of drug-likeness (QED) is 0.781. The van der Waals surface area contributed by atoms with Crippen LogP contribution in [-0.2, 0) is 0 Å². The van der Waals surface area contributed by atoms with E-state index in [-0.39, 0.29) is 11.9 Å². The number of nitrogens with one attached hydrogen (secondary N) is 1. The number of hydrogen-bond acceptors (Lipinski definition) is 6. The van der Waals surface area contributed by atoms with E-state index in [2.05, 4.69) is 42.5 Å². The van der Waals surface area contributed by atoms with E-state index in [1.54, 1.807) is 6.20 Å². The Hall–Kier alpha value is -3.09. The molecule has 0 spiro atoms. The zero-order valence-electron chi connectivity index (χ0n) is 14.6. The Labute approximate surface area is 151 Å². The first-order valence-electron chi connectivity index (χ1n) is 8.76. The second-order valence-corrected chi connectivity index (χ2v) is 6.50. The maximum Gasteiger partial charge on any atom is 0.271 e. The smallest absolute Gasteiger partial charge is 0.271 e. The topological polar surface area (TPSA) is 83.9 Å². The Morgan fingerprint density at radius 2 is 2.04 bits per heavy atom. The van der Waals surface area contributed by atoms with Crippen molar-refractivity contribution in [3.63, 3.8) is 0 Å². The van der Waals surface area contributed by atoms with Crippen LogP contribution in [0.3, 0.4) is 0 Å². The standard InChI is InChI=1S/C19H20N6O/c1-13-15-6-2-3-7-16(15)18(24-23-13)25-10-4-5-14(12-25)22-19(26)17-11-20-8-9-21-17/h2-3,6-9,11,14H,4-5,10,12H2,1H3,(H,22,26). The molecule has 1 fully saturated rings. The van der Waals surface area contributed by atoms with Crippen LogP contribution in [0.5, 0.6) is 0 Å². The van der Waals surface area contributed by atoms with Crippen LogP contribution in [0.2, 0.25) is 0 Å². The molecule has 26 heavy (non-hydrogen) atoms. The molecule has 0 saturated carbocycles. The number of aromatic nitrogens is 4. The molecule has 1 N–H and O–H groups in total. The van der Waals surface area contributed by atoms with Crippen molar-refractivity contribution in [2.24, 2.45) is 0 Å². The number of carbonyl (C=O) groups is 1. The summed E-state index contributed by atoms with van der Waals surface area (Å²) < 4.78 is 0. The third kappa shape index (κ3) is 3.20. The summed E-state index contributed by atoms with van der Waals surface area (Å²) >= 11 is 0. The van der Waals surface area contributed by atoms with Gasteiger partial charge in [0.1, 0.15) is 5.69 Å². The molecule has 1 unspecified atom stereocenters. The number of piperidine rings is 1. The van der Waals surface area contributed by atoms with Gasteiger partial charge in [0.2, 0.25) is 0 Å². The number of anilines is 1. The monoisotopic (exact) mass is 348 g/mol. The van der Waals surface area contributed by atoms with Gasteiger partial charge in [-0.3, -0.25) is 9.78 Å². The molecule has 0 radical (unpaired) electrons. The molecule has 4 rings (SSSR count). The molecule has 1 aliphatic rings. The lowest BCUT2D eigenvalue weighted by molar-refractivity contribution is 0.0927. The van der Waals surface area contributed by atoms with E-state index in [9.17, 15) is 4.79 Å². The molecule has 3 heterocycles. The minimum atomic E-state index is -0.190. The van der Waals surface area contributed by atoms with Crippen LogP contribution in [0.4, 0.5) is 5.82 Å². The lowest BCUT2D eigenvalue weighted by Crippen LogP contribution is -2.48. The highest BCUT2D eigenvalue weighted by Gasteiger charge is 2.24. The molecule has 1 aromatic carbocycles. The average molecular weight is 348 g/mol. The van der Waals surface area contributed by atoms with E-state index < -0.39 is 0 Å². The zero-order chi connectivity index (χ0) is 17.9. The Morgan fingerprint density at radius 1 is 1.19 bits per heavy atom. The van der Waals surface area contributed by atoms with Gasteiger partial charge in [-0.05, 0) is 19.8 Å². The van der Waals surface area contributed by atoms with Gasteiger partial charge in [0.05, 0.1) is 11.9 Å². The molecule has 3 aromatic rings. The summed E-state index contributed by atoms with van der Waals surface area (Å²) in [5.74, 6) is 0.689. The normalized spacial score (nSPS) is 17.3. The summed E-state index contributed by atoms with van der Waals surface area (Å²) in [6.45, 7) is 3.58. The number of fused-ring (bicyclic) bond motifs is 1. The third-order valence-corrected chi connectivity index (χ3v) is 4.70. The summed E-state index contributed by atoms with van der Waals surface area (Å²) in [4.78, 5) is 22.6. The van der Waals surface area contributed by atoms with E-state index in [0.29, 0.717) is 12.2 Å². The molecule has 7 heteroatoms. The number of carbonyl (C=O) groups excluding carboxylic acids is 1. The highest BCUT2D eigenvalue weighted by atomic mass is 16.2. The van der Waals surface area contributed by atoms with E-state index in [1.165, 1.54) is 12.4 Å². The van der Waals surface area contributed by atoms with Crippen LogP contribution < -0.4 is 10.2 Å². The van der Waals surface area contributed by atoms with Crippen molar-refractivity contribution >= 4 is 22.5 Å². The minimum absolute atomic E-state index is 0.0418. The van der Waals surface area contributed by atoms with Crippen LogP contribution >= 0.6 is 0 Å². The van der Waals surface area contributed by atoms with Crippen molar-refractivity contribution < 1.29 is 4.79 Å². The fourth-order valence-electron chi connectivity index (χ4n) is 3.42. The molecular weight excluding hydrogens is 328 g/mol. The van der Waals surface area contributed by atoms with Gasteiger partial charge < -0.3 is 10.2 Å². The molecule has 0 aliphatic carbocycles. The van der Waals surface area contributed by atoms with Gasteiger partial charge in [-0.1, -0.05) is 24.3 Å². The summed E-state index contributed by atoms with van der Waals surface area (Å²) in [6, 6.07) is 8.22. The lowest BCUT2D eigenvalue weighted by atomic mass is 10.0. The summed E-state index contributed by atoms with van der Waals surface area (Å²) in [7, 11) is 0. The molecule has 1 aliphatic heterocycles. The van der Waals surface area contributed by atoms with Crippen molar-refractivity contribution in [2.75, 3.05) is 18.0 Å². The van der Waals surface area contributed by atoms with Gasteiger partial charge >= 0.3 is 0 Å². The average Bonchev–Trinajstić information content (AvgIpc) is 2.69. The first-order chi connectivity index (χ1) is 12.7. The third-order valence-electron chi connectivity index (χ3n) is 4.70. The largest absolute Gasteiger partial charge is 0.353 e. The van der Waals surface area contributed by atoms with Crippen molar-refractivity contribution in [3.05, 3.63) is 54.2 Å². The number of aryl methyl sites for hydroxylation is 1. The number of hydrogen-bond donors (Lipinski definition) is 1. The Balaban J connectivity index is 1.54. The fraction of sp³-hybridized carbons (Fsp3) is 0.316. The van der Waals surface area contributed by atoms with Crippen molar-refractivity contribution in [3.8, 4) is 0 Å². The van der Waals surface area contributed by atoms with Crippen LogP contribution in [0.25, 0.3) is 10.8 Å². The zero-order valence-corrected chi connectivity index (χ0v) is 14.6. The van der Waals surface area contributed by atoms with E-state index in [0.717, 1.165) is 41.7 Å². The van der Waals surface area contributed by atoms with Gasteiger partial charge in [0.25, 0.3) is 5.91 Å². The Morgan fingerprint density at radius 3 is 2.85 bits per heavy atom. The molecule has 1 saturated heterocycles. The van der Waals surface area contributed by atoms with Gasteiger partial charge in [0.15, 0.2) is 5.82 Å². The first-order valence-corrected chi connectivity index (χ1v) is 8.76. The minimum Gasteiger partial charge on any atom is -0.353 e. The second kappa shape index (κ2) is 7.03. The Bertz CT molecular complexity index is 930. The van der Waals surface area contributed by atoms with E-state index >= 15 is 0 Å². The molecule has 7 nitrogen and oxygen atoms in total. The maximum atomic E-state index is 12.4. The number of benzene rings is 1.